The van der Waals surface area contributed by atoms with Crippen LogP contribution in [0.5, 0.6) is 0 Å². The van der Waals surface area contributed by atoms with E-state index in [0.29, 0.717) is 23.4 Å². The second-order valence-electron chi connectivity index (χ2n) is 7.63. The summed E-state index contributed by atoms with van der Waals surface area (Å²) in [5.41, 5.74) is 1.48. The summed E-state index contributed by atoms with van der Waals surface area (Å²) in [5.74, 6) is -0.241. The van der Waals surface area contributed by atoms with Crippen LogP contribution in [0, 0.1) is 10.1 Å². The minimum atomic E-state index is -3.96. The van der Waals surface area contributed by atoms with Crippen molar-refractivity contribution >= 4 is 45.4 Å². The minimum absolute atomic E-state index is 0.0115. The molecule has 0 aliphatic carbocycles. The molecular formula is C24H25N5O5S. The van der Waals surface area contributed by atoms with Crippen molar-refractivity contribution in [2.45, 2.75) is 37.5 Å². The van der Waals surface area contributed by atoms with Crippen LogP contribution in [-0.2, 0) is 14.8 Å². The van der Waals surface area contributed by atoms with Gasteiger partial charge in [-0.25, -0.2) is 23.1 Å². The highest BCUT2D eigenvalue weighted by Crippen LogP contribution is 2.18. The number of benzene rings is 2. The number of nitro groups is 1. The zero-order valence-electron chi connectivity index (χ0n) is 19.0. The van der Waals surface area contributed by atoms with Gasteiger partial charge >= 0.3 is 0 Å². The third-order valence-corrected chi connectivity index (χ3v) is 6.23. The Balaban J connectivity index is 1.66. The van der Waals surface area contributed by atoms with Gasteiger partial charge in [-0.1, -0.05) is 38.0 Å². The molecule has 0 unspecified atom stereocenters. The van der Waals surface area contributed by atoms with Crippen LogP contribution in [0.4, 0.5) is 17.3 Å². The summed E-state index contributed by atoms with van der Waals surface area (Å²) in [4.78, 5) is 30.5. The first kappa shape index (κ1) is 25.5. The molecule has 11 heteroatoms. The number of hydrogen-bond acceptors (Lipinski definition) is 7. The van der Waals surface area contributed by atoms with Gasteiger partial charge < -0.3 is 5.32 Å². The molecule has 0 bridgehead atoms. The maximum absolute atomic E-state index is 12.7. The van der Waals surface area contributed by atoms with E-state index >= 15 is 0 Å². The van der Waals surface area contributed by atoms with Crippen LogP contribution in [-0.4, -0.2) is 29.2 Å². The van der Waals surface area contributed by atoms with E-state index in [4.69, 9.17) is 0 Å². The van der Waals surface area contributed by atoms with Gasteiger partial charge in [0.05, 0.1) is 15.5 Å². The minimum Gasteiger partial charge on any atom is -0.326 e. The number of nitrogens with zero attached hydrogens (tertiary/aromatic N) is 3. The van der Waals surface area contributed by atoms with E-state index in [2.05, 4.69) is 26.9 Å². The third kappa shape index (κ3) is 7.71. The van der Waals surface area contributed by atoms with Crippen LogP contribution in [0.1, 0.15) is 43.9 Å². The van der Waals surface area contributed by atoms with Gasteiger partial charge in [0.25, 0.3) is 15.7 Å². The molecule has 0 aliphatic rings. The zero-order valence-corrected chi connectivity index (χ0v) is 19.9. The van der Waals surface area contributed by atoms with Gasteiger partial charge in [0.1, 0.15) is 0 Å². The summed E-state index contributed by atoms with van der Waals surface area (Å²) in [6, 6.07) is 13.5. The molecule has 2 aromatic carbocycles. The molecule has 10 nitrogen and oxygen atoms in total. The van der Waals surface area contributed by atoms with Gasteiger partial charge in [-0.05, 0) is 48.4 Å². The number of unbranched alkanes of at least 4 members (excludes halogenated alkanes) is 2. The lowest BCUT2D eigenvalue weighted by Gasteiger charge is -2.09. The molecule has 1 amide bonds. The molecule has 3 aromatic rings. The lowest BCUT2D eigenvalue weighted by atomic mass is 10.2. The Kier molecular flexibility index (Phi) is 8.63. The van der Waals surface area contributed by atoms with Crippen molar-refractivity contribution in [2.75, 3.05) is 10.0 Å². The Morgan fingerprint density at radius 3 is 2.57 bits per heavy atom. The molecule has 3 rings (SSSR count). The topological polar surface area (TPSA) is 144 Å². The van der Waals surface area contributed by atoms with E-state index in [1.807, 2.05) is 0 Å². The monoisotopic (exact) mass is 495 g/mol. The number of anilines is 2. The molecule has 2 N–H and O–H groups in total. The Morgan fingerprint density at radius 1 is 1.09 bits per heavy atom. The highest BCUT2D eigenvalue weighted by molar-refractivity contribution is 7.92. The van der Waals surface area contributed by atoms with Crippen molar-refractivity contribution < 1.29 is 18.1 Å². The maximum atomic E-state index is 12.7. The van der Waals surface area contributed by atoms with Gasteiger partial charge in [0.15, 0.2) is 0 Å². The molecule has 0 aliphatic heterocycles. The Morgan fingerprint density at radius 2 is 1.86 bits per heavy atom. The summed E-state index contributed by atoms with van der Waals surface area (Å²) in [7, 11) is -3.96. The number of amides is 1. The lowest BCUT2D eigenvalue weighted by molar-refractivity contribution is -0.384. The smallest absolute Gasteiger partial charge is 0.270 e. The van der Waals surface area contributed by atoms with Crippen LogP contribution < -0.4 is 10.0 Å². The first-order chi connectivity index (χ1) is 16.8. The number of non-ortho nitro benzene ring substituents is 1. The van der Waals surface area contributed by atoms with Crippen LogP contribution in [0.25, 0.3) is 12.2 Å². The number of nitro benzene ring substituents is 1. The summed E-state index contributed by atoms with van der Waals surface area (Å²) >= 11 is 0. The van der Waals surface area contributed by atoms with E-state index in [-0.39, 0.29) is 22.4 Å². The molecule has 0 radical (unpaired) electrons. The average molecular weight is 496 g/mol. The number of sulfonamides is 1. The molecular weight excluding hydrogens is 470 g/mol. The van der Waals surface area contributed by atoms with Crippen LogP contribution in [0.15, 0.2) is 65.7 Å². The van der Waals surface area contributed by atoms with Gasteiger partial charge in [-0.2, -0.15) is 0 Å². The highest BCUT2D eigenvalue weighted by atomic mass is 32.2. The van der Waals surface area contributed by atoms with Gasteiger partial charge in [-0.3, -0.25) is 14.9 Å². The average Bonchev–Trinajstić information content (AvgIpc) is 2.83. The second-order valence-corrected chi connectivity index (χ2v) is 9.31. The number of aromatic nitrogens is 2. The van der Waals surface area contributed by atoms with E-state index < -0.39 is 14.9 Å². The van der Waals surface area contributed by atoms with Crippen LogP contribution in [0.3, 0.4) is 0 Å². The zero-order chi connectivity index (χ0) is 25.3. The second kappa shape index (κ2) is 11.8. The molecule has 0 saturated carbocycles. The Bertz CT molecular complexity index is 1320. The van der Waals surface area contributed by atoms with Crippen molar-refractivity contribution in [3.05, 3.63) is 82.2 Å². The van der Waals surface area contributed by atoms with Crippen molar-refractivity contribution in [3.8, 4) is 0 Å². The molecule has 182 valence electrons. The summed E-state index contributed by atoms with van der Waals surface area (Å²) in [5, 5.41) is 13.7. The van der Waals surface area contributed by atoms with E-state index in [0.717, 1.165) is 19.3 Å². The van der Waals surface area contributed by atoms with Crippen molar-refractivity contribution in [1.82, 2.24) is 9.97 Å². The number of nitrogens with one attached hydrogen (secondary N) is 2. The summed E-state index contributed by atoms with van der Waals surface area (Å²) < 4.78 is 27.8. The fourth-order valence-corrected chi connectivity index (χ4v) is 4.04. The maximum Gasteiger partial charge on any atom is 0.270 e. The van der Waals surface area contributed by atoms with Gasteiger partial charge in [0.2, 0.25) is 11.9 Å². The molecule has 1 aromatic heterocycles. The quantitative estimate of drug-likeness (QED) is 0.219. The predicted molar refractivity (Wildman–Crippen MR) is 134 cm³/mol. The summed E-state index contributed by atoms with van der Waals surface area (Å²) in [6.07, 6.45) is 7.84. The fraction of sp³-hybridized carbons (Fsp3) is 0.208. The van der Waals surface area contributed by atoms with Crippen molar-refractivity contribution in [3.63, 3.8) is 0 Å². The van der Waals surface area contributed by atoms with E-state index in [1.165, 1.54) is 42.6 Å². The summed E-state index contributed by atoms with van der Waals surface area (Å²) in [6.45, 7) is 2.06. The standard InChI is InChI=1S/C24H25N5O5S/c1-2-3-4-8-23(30)26-19-11-13-22(14-12-19)35(33,34)28-24-25-16-15-20(27-24)10-9-18-6-5-7-21(17-18)29(31)32/h5-7,9-17H,2-4,8H2,1H3,(H,26,30)(H,25,27,28)/b10-9+. The number of carbonyl (C=O) groups excluding carboxylic acids is 1. The molecule has 0 saturated heterocycles. The number of rotatable bonds is 11. The number of hydrogen-bond donors (Lipinski definition) is 2. The van der Waals surface area contributed by atoms with E-state index in [1.54, 1.807) is 30.4 Å². The predicted octanol–water partition coefficient (Wildman–Crippen LogP) is 4.87. The molecule has 0 spiro atoms. The van der Waals surface area contributed by atoms with Crippen molar-refractivity contribution in [2.24, 2.45) is 0 Å². The Labute approximate surface area is 203 Å². The van der Waals surface area contributed by atoms with Gasteiger partial charge in [-0.15, -0.1) is 0 Å². The first-order valence-corrected chi connectivity index (χ1v) is 12.4. The SMILES string of the molecule is CCCCCC(=O)Nc1ccc(S(=O)(=O)Nc2nccc(/C=C/c3cccc([N+](=O)[O-])c3)n2)cc1. The van der Waals surface area contributed by atoms with Crippen molar-refractivity contribution in [1.29, 1.82) is 0 Å². The largest absolute Gasteiger partial charge is 0.326 e. The molecule has 1 heterocycles. The normalized spacial score (nSPS) is 11.3. The lowest BCUT2D eigenvalue weighted by Crippen LogP contribution is -2.15. The third-order valence-electron chi connectivity index (χ3n) is 4.89. The Hall–Kier alpha value is -4.12. The number of carbonyl (C=O) groups is 1. The first-order valence-electron chi connectivity index (χ1n) is 10.9. The van der Waals surface area contributed by atoms with Crippen LogP contribution >= 0.6 is 0 Å². The fourth-order valence-electron chi connectivity index (χ4n) is 3.09. The highest BCUT2D eigenvalue weighted by Gasteiger charge is 2.16. The molecule has 0 atom stereocenters. The van der Waals surface area contributed by atoms with E-state index in [9.17, 15) is 23.3 Å². The van der Waals surface area contributed by atoms with Crippen LogP contribution in [0.2, 0.25) is 0 Å². The van der Waals surface area contributed by atoms with Gasteiger partial charge in [0, 0.05) is 30.4 Å². The molecule has 35 heavy (non-hydrogen) atoms. The molecule has 0 fully saturated rings.